The zero-order chi connectivity index (χ0) is 25.5. The normalized spacial score (nSPS) is 12.1. The molecule has 2 heterocycles. The predicted molar refractivity (Wildman–Crippen MR) is 135 cm³/mol. The lowest BCUT2D eigenvalue weighted by Gasteiger charge is -2.17. The molecule has 0 saturated carbocycles. The minimum Gasteiger partial charge on any atom is -0.374 e. The molecule has 8 nitrogen and oxygen atoms in total. The molecule has 5 aromatic rings. The van der Waals surface area contributed by atoms with Gasteiger partial charge in [-0.15, -0.1) is 0 Å². The second-order valence-corrected chi connectivity index (χ2v) is 11.3. The van der Waals surface area contributed by atoms with Gasteiger partial charge in [-0.3, -0.25) is 9.97 Å². The van der Waals surface area contributed by atoms with Crippen LogP contribution < -0.4 is 8.37 Å². The van der Waals surface area contributed by atoms with Gasteiger partial charge in [0.25, 0.3) is 0 Å². The summed E-state index contributed by atoms with van der Waals surface area (Å²) in [6.07, 6.45) is 3.05. The Hall–Kier alpha value is -4.02. The highest BCUT2D eigenvalue weighted by Gasteiger charge is 2.28. The van der Waals surface area contributed by atoms with E-state index in [2.05, 4.69) is 9.97 Å². The van der Waals surface area contributed by atoms with Gasteiger partial charge >= 0.3 is 20.2 Å². The summed E-state index contributed by atoms with van der Waals surface area (Å²) in [7, 11) is -8.72. The molecule has 0 fully saturated rings. The first kappa shape index (κ1) is 23.7. The van der Waals surface area contributed by atoms with Gasteiger partial charge < -0.3 is 8.37 Å². The minimum absolute atomic E-state index is 0.0937. The van der Waals surface area contributed by atoms with Crippen molar-refractivity contribution in [2.75, 3.05) is 0 Å². The number of aryl methyl sites for hydroxylation is 2. The molecule has 0 aliphatic heterocycles. The maximum atomic E-state index is 13.3. The SMILES string of the molecule is Cc1ccc(S(=O)(=O)Oc2c(OS(=O)(=O)c3ccc(C)cc3)c3cccnc3c3ncccc23)cc1. The third-order valence-corrected chi connectivity index (χ3v) is 8.01. The van der Waals surface area contributed by atoms with Gasteiger partial charge in [-0.1, -0.05) is 35.4 Å². The van der Waals surface area contributed by atoms with Crippen LogP contribution in [0.2, 0.25) is 0 Å². The van der Waals surface area contributed by atoms with Gasteiger partial charge in [0.1, 0.15) is 20.8 Å². The third kappa shape index (κ3) is 4.36. The van der Waals surface area contributed by atoms with Crippen molar-refractivity contribution in [1.29, 1.82) is 0 Å². The molecule has 0 spiro atoms. The summed E-state index contributed by atoms with van der Waals surface area (Å²) >= 11 is 0. The van der Waals surface area contributed by atoms with E-state index in [1.54, 1.807) is 48.5 Å². The molecule has 10 heteroatoms. The van der Waals surface area contributed by atoms with Crippen LogP contribution in [-0.2, 0) is 20.2 Å². The molecule has 3 aromatic carbocycles. The largest absolute Gasteiger partial charge is 0.374 e. The molecule has 0 bridgehead atoms. The Labute approximate surface area is 208 Å². The lowest BCUT2D eigenvalue weighted by atomic mass is 10.1. The van der Waals surface area contributed by atoms with Gasteiger partial charge in [0.15, 0.2) is 11.5 Å². The van der Waals surface area contributed by atoms with Crippen molar-refractivity contribution < 1.29 is 25.2 Å². The van der Waals surface area contributed by atoms with Crippen LogP contribution in [0, 0.1) is 13.8 Å². The number of hydrogen-bond acceptors (Lipinski definition) is 8. The molecule has 0 atom stereocenters. The number of rotatable bonds is 6. The Morgan fingerprint density at radius 3 is 1.28 bits per heavy atom. The second kappa shape index (κ2) is 8.89. The number of hydrogen-bond donors (Lipinski definition) is 0. The van der Waals surface area contributed by atoms with Gasteiger partial charge in [0.2, 0.25) is 0 Å². The van der Waals surface area contributed by atoms with Crippen molar-refractivity contribution in [3.8, 4) is 11.5 Å². The lowest BCUT2D eigenvalue weighted by molar-refractivity contribution is 0.454. The van der Waals surface area contributed by atoms with Gasteiger partial charge in [0.05, 0.1) is 10.8 Å². The minimum atomic E-state index is -4.36. The van der Waals surface area contributed by atoms with E-state index in [1.807, 2.05) is 13.8 Å². The van der Waals surface area contributed by atoms with Crippen LogP contribution in [0.25, 0.3) is 21.8 Å². The monoisotopic (exact) mass is 520 g/mol. The standard InChI is InChI=1S/C26H20N2O6S2/c1-17-7-11-19(12-8-17)35(29,30)33-25-21-5-3-15-27-23(21)24-22(6-4-16-28-24)26(25)34-36(31,32)20-13-9-18(2)10-14-20/h3-16H,1-2H3. The summed E-state index contributed by atoms with van der Waals surface area (Å²) in [5, 5.41) is 0.460. The van der Waals surface area contributed by atoms with Gasteiger partial charge in [-0.2, -0.15) is 16.8 Å². The number of nitrogens with zero attached hydrogens (tertiary/aromatic N) is 2. The molecule has 2 aromatic heterocycles. The molecule has 0 radical (unpaired) electrons. The predicted octanol–water partition coefficient (Wildman–Crippen LogP) is 4.94. The van der Waals surface area contributed by atoms with Crippen LogP contribution in [0.1, 0.15) is 11.1 Å². The van der Waals surface area contributed by atoms with E-state index >= 15 is 0 Å². The summed E-state index contributed by atoms with van der Waals surface area (Å²) in [5.74, 6) is -0.593. The first-order chi connectivity index (χ1) is 17.2. The molecule has 36 heavy (non-hydrogen) atoms. The number of pyridine rings is 2. The number of benzene rings is 3. The van der Waals surface area contributed by atoms with Crippen LogP contribution in [0.3, 0.4) is 0 Å². The van der Waals surface area contributed by atoms with Crippen molar-refractivity contribution in [3.05, 3.63) is 96.3 Å². The summed E-state index contributed by atoms with van der Waals surface area (Å²) in [4.78, 5) is 8.51. The number of aromatic nitrogens is 2. The quantitative estimate of drug-likeness (QED) is 0.229. The Bertz CT molecular complexity index is 1680. The summed E-state index contributed by atoms with van der Waals surface area (Å²) < 4.78 is 64.2. The van der Waals surface area contributed by atoms with Crippen molar-refractivity contribution >= 4 is 42.0 Å². The molecule has 0 aliphatic carbocycles. The van der Waals surface area contributed by atoms with E-state index in [1.165, 1.54) is 36.7 Å². The zero-order valence-electron chi connectivity index (χ0n) is 19.2. The molecule has 0 saturated heterocycles. The molecule has 182 valence electrons. The van der Waals surface area contributed by atoms with Crippen LogP contribution in [-0.4, -0.2) is 26.8 Å². The summed E-state index contributed by atoms with van der Waals surface area (Å²) in [5.41, 5.74) is 2.41. The second-order valence-electron chi connectivity index (χ2n) is 8.16. The highest BCUT2D eigenvalue weighted by atomic mass is 32.2. The summed E-state index contributed by atoms with van der Waals surface area (Å²) in [6, 6.07) is 18.5. The lowest BCUT2D eigenvalue weighted by Crippen LogP contribution is -2.14. The number of fused-ring (bicyclic) bond motifs is 3. The van der Waals surface area contributed by atoms with E-state index in [-0.39, 0.29) is 32.1 Å². The van der Waals surface area contributed by atoms with E-state index in [0.717, 1.165) is 11.1 Å². The van der Waals surface area contributed by atoms with E-state index in [0.29, 0.717) is 11.0 Å². The fourth-order valence-electron chi connectivity index (χ4n) is 3.69. The topological polar surface area (TPSA) is 113 Å². The molecule has 0 unspecified atom stereocenters. The Balaban J connectivity index is 1.76. The van der Waals surface area contributed by atoms with Crippen LogP contribution in [0.5, 0.6) is 11.5 Å². The first-order valence-electron chi connectivity index (χ1n) is 10.8. The van der Waals surface area contributed by atoms with Gasteiger partial charge in [0, 0.05) is 12.4 Å². The maximum absolute atomic E-state index is 13.3. The molecular formula is C26H20N2O6S2. The Morgan fingerprint density at radius 2 is 0.917 bits per heavy atom. The van der Waals surface area contributed by atoms with Crippen molar-refractivity contribution in [2.24, 2.45) is 0 Å². The summed E-state index contributed by atoms with van der Waals surface area (Å²) in [6.45, 7) is 3.66. The molecule has 0 aliphatic rings. The Kier molecular flexibility index (Phi) is 5.85. The molecule has 5 rings (SSSR count). The van der Waals surface area contributed by atoms with Gasteiger partial charge in [-0.25, -0.2) is 0 Å². The van der Waals surface area contributed by atoms with E-state index in [4.69, 9.17) is 8.37 Å². The third-order valence-electron chi connectivity index (χ3n) is 5.54. The molecule has 0 amide bonds. The fraction of sp³-hybridized carbons (Fsp3) is 0.0769. The molecular weight excluding hydrogens is 500 g/mol. The highest BCUT2D eigenvalue weighted by Crippen LogP contribution is 2.44. The smallest absolute Gasteiger partial charge is 0.339 e. The van der Waals surface area contributed by atoms with Crippen molar-refractivity contribution in [1.82, 2.24) is 9.97 Å². The van der Waals surface area contributed by atoms with Crippen LogP contribution >= 0.6 is 0 Å². The highest BCUT2D eigenvalue weighted by molar-refractivity contribution is 7.87. The average molecular weight is 521 g/mol. The Morgan fingerprint density at radius 1 is 0.556 bits per heavy atom. The molecule has 0 N–H and O–H groups in total. The van der Waals surface area contributed by atoms with Crippen LogP contribution in [0.4, 0.5) is 0 Å². The van der Waals surface area contributed by atoms with Crippen molar-refractivity contribution in [2.45, 2.75) is 23.6 Å². The van der Waals surface area contributed by atoms with E-state index in [9.17, 15) is 16.8 Å². The average Bonchev–Trinajstić information content (AvgIpc) is 2.86. The van der Waals surface area contributed by atoms with E-state index < -0.39 is 20.2 Å². The zero-order valence-corrected chi connectivity index (χ0v) is 20.9. The maximum Gasteiger partial charge on any atom is 0.339 e. The van der Waals surface area contributed by atoms with Crippen molar-refractivity contribution in [3.63, 3.8) is 0 Å². The first-order valence-corrected chi connectivity index (χ1v) is 13.7. The van der Waals surface area contributed by atoms with Crippen LogP contribution in [0.15, 0.2) is 95.0 Å². The van der Waals surface area contributed by atoms with Gasteiger partial charge in [-0.05, 0) is 62.4 Å². The fourth-order valence-corrected chi connectivity index (χ4v) is 5.59.